The van der Waals surface area contributed by atoms with Crippen LogP contribution in [0.2, 0.25) is 0 Å². The Kier molecular flexibility index (Phi) is 7.16. The predicted octanol–water partition coefficient (Wildman–Crippen LogP) is 1.21. The highest BCUT2D eigenvalue weighted by Gasteiger charge is 2.09. The van der Waals surface area contributed by atoms with E-state index in [0.29, 0.717) is 19.1 Å². The molecule has 0 bridgehead atoms. The molecule has 1 saturated heterocycles. The Morgan fingerprint density at radius 1 is 1.39 bits per heavy atom. The minimum Gasteiger partial charge on any atom is -0.492 e. The topological polar surface area (TPSA) is 72.1 Å². The molecule has 0 aliphatic carbocycles. The molecule has 1 fully saturated rings. The van der Waals surface area contributed by atoms with E-state index in [0.717, 1.165) is 44.2 Å². The summed E-state index contributed by atoms with van der Waals surface area (Å²) in [6.07, 6.45) is 0. The maximum Gasteiger partial charge on any atom is 0.189 e. The van der Waals surface area contributed by atoms with E-state index in [2.05, 4.69) is 15.2 Å². The monoisotopic (exact) mass is 320 g/mol. The third-order valence-corrected chi connectivity index (χ3v) is 3.55. The molecule has 1 aromatic carbocycles. The first-order valence-electron chi connectivity index (χ1n) is 8.22. The quantitative estimate of drug-likeness (QED) is 0.584. The van der Waals surface area contributed by atoms with Gasteiger partial charge >= 0.3 is 0 Å². The maximum absolute atomic E-state index is 5.84. The Bertz CT molecular complexity index is 499. The molecular weight excluding hydrogens is 292 g/mol. The lowest BCUT2D eigenvalue weighted by Crippen LogP contribution is -2.38. The Hall–Kier alpha value is -1.79. The van der Waals surface area contributed by atoms with Crippen molar-refractivity contribution in [1.29, 1.82) is 0 Å². The van der Waals surface area contributed by atoms with Crippen LogP contribution in [-0.2, 0) is 11.3 Å². The van der Waals surface area contributed by atoms with Crippen LogP contribution in [0.25, 0.3) is 0 Å². The van der Waals surface area contributed by atoms with Gasteiger partial charge in [0, 0.05) is 25.7 Å². The van der Waals surface area contributed by atoms with Gasteiger partial charge in [-0.1, -0.05) is 12.1 Å². The summed E-state index contributed by atoms with van der Waals surface area (Å²) in [4.78, 5) is 6.69. The third-order valence-electron chi connectivity index (χ3n) is 3.55. The van der Waals surface area contributed by atoms with Crippen LogP contribution in [0.5, 0.6) is 5.75 Å². The van der Waals surface area contributed by atoms with Gasteiger partial charge in [-0.15, -0.1) is 0 Å². The largest absolute Gasteiger partial charge is 0.492 e. The van der Waals surface area contributed by atoms with Gasteiger partial charge in [0.1, 0.15) is 12.4 Å². The fourth-order valence-electron chi connectivity index (χ4n) is 2.37. The molecule has 1 aliphatic heterocycles. The number of ether oxygens (including phenoxy) is 2. The molecule has 3 N–H and O–H groups in total. The number of aliphatic imine (C=N–C) groups is 1. The van der Waals surface area contributed by atoms with E-state index in [1.165, 1.54) is 0 Å². The molecule has 0 saturated carbocycles. The van der Waals surface area contributed by atoms with Crippen molar-refractivity contribution in [3.05, 3.63) is 29.8 Å². The second kappa shape index (κ2) is 9.37. The van der Waals surface area contributed by atoms with Gasteiger partial charge in [0.25, 0.3) is 0 Å². The van der Waals surface area contributed by atoms with Crippen LogP contribution >= 0.6 is 0 Å². The lowest BCUT2D eigenvalue weighted by Gasteiger charge is -2.26. The van der Waals surface area contributed by atoms with Crippen molar-refractivity contribution < 1.29 is 9.47 Å². The molecule has 0 unspecified atom stereocenters. The van der Waals surface area contributed by atoms with Crippen LogP contribution in [0.3, 0.4) is 0 Å². The van der Waals surface area contributed by atoms with Crippen LogP contribution in [0, 0.1) is 0 Å². The Balaban J connectivity index is 1.77. The van der Waals surface area contributed by atoms with Gasteiger partial charge in [-0.2, -0.15) is 0 Å². The van der Waals surface area contributed by atoms with Crippen LogP contribution in [0.1, 0.15) is 19.4 Å². The predicted molar refractivity (Wildman–Crippen MR) is 92.8 cm³/mol. The van der Waals surface area contributed by atoms with Gasteiger partial charge in [0.05, 0.1) is 19.8 Å². The second-order valence-corrected chi connectivity index (χ2v) is 5.95. The van der Waals surface area contributed by atoms with Gasteiger partial charge in [0.15, 0.2) is 5.96 Å². The number of hydrogen-bond acceptors (Lipinski definition) is 4. The summed E-state index contributed by atoms with van der Waals surface area (Å²) in [7, 11) is 0. The summed E-state index contributed by atoms with van der Waals surface area (Å²) in [5.74, 6) is 1.35. The minimum absolute atomic E-state index is 0.286. The van der Waals surface area contributed by atoms with E-state index in [9.17, 15) is 0 Å². The smallest absolute Gasteiger partial charge is 0.189 e. The molecule has 128 valence electrons. The molecule has 1 aliphatic rings. The summed E-state index contributed by atoms with van der Waals surface area (Å²) >= 11 is 0. The molecule has 0 amide bonds. The zero-order valence-corrected chi connectivity index (χ0v) is 14.1. The Morgan fingerprint density at radius 2 is 2.17 bits per heavy atom. The normalized spacial score (nSPS) is 16.6. The number of nitrogens with two attached hydrogens (primary N) is 1. The van der Waals surface area contributed by atoms with E-state index in [4.69, 9.17) is 15.2 Å². The van der Waals surface area contributed by atoms with E-state index in [-0.39, 0.29) is 6.04 Å². The first-order chi connectivity index (χ1) is 11.1. The zero-order valence-electron chi connectivity index (χ0n) is 14.1. The lowest BCUT2D eigenvalue weighted by molar-refractivity contribution is 0.0322. The lowest BCUT2D eigenvalue weighted by atomic mass is 10.2. The van der Waals surface area contributed by atoms with Crippen molar-refractivity contribution in [2.45, 2.75) is 26.4 Å². The van der Waals surface area contributed by atoms with Crippen molar-refractivity contribution >= 4 is 5.96 Å². The number of benzene rings is 1. The number of nitrogens with zero attached hydrogens (tertiary/aromatic N) is 2. The SMILES string of the molecule is CC(C)NC(N)=NCc1cccc(OCCN2CCOCC2)c1. The van der Waals surface area contributed by atoms with E-state index in [1.54, 1.807) is 0 Å². The molecule has 0 spiro atoms. The van der Waals surface area contributed by atoms with Gasteiger partial charge in [0.2, 0.25) is 0 Å². The van der Waals surface area contributed by atoms with Crippen molar-refractivity contribution in [1.82, 2.24) is 10.2 Å². The molecule has 23 heavy (non-hydrogen) atoms. The van der Waals surface area contributed by atoms with Gasteiger partial charge < -0.3 is 20.5 Å². The third kappa shape index (κ3) is 6.88. The molecule has 2 rings (SSSR count). The molecule has 0 atom stereocenters. The summed E-state index contributed by atoms with van der Waals surface area (Å²) in [5.41, 5.74) is 6.90. The fourth-order valence-corrected chi connectivity index (χ4v) is 2.37. The zero-order chi connectivity index (χ0) is 16.5. The standard InChI is InChI=1S/C17H28N4O2/c1-14(2)20-17(18)19-13-15-4-3-5-16(12-15)23-11-8-21-6-9-22-10-7-21/h3-5,12,14H,6-11,13H2,1-2H3,(H3,18,19,20). The fraction of sp³-hybridized carbons (Fsp3) is 0.588. The maximum atomic E-state index is 5.84. The highest BCUT2D eigenvalue weighted by atomic mass is 16.5. The first kappa shape index (κ1) is 17.6. The molecule has 6 heteroatoms. The van der Waals surface area contributed by atoms with Crippen molar-refractivity contribution in [3.8, 4) is 5.75 Å². The van der Waals surface area contributed by atoms with Gasteiger partial charge in [-0.25, -0.2) is 4.99 Å². The first-order valence-corrected chi connectivity index (χ1v) is 8.22. The highest BCUT2D eigenvalue weighted by molar-refractivity contribution is 5.78. The highest BCUT2D eigenvalue weighted by Crippen LogP contribution is 2.14. The molecule has 1 aromatic rings. The molecule has 0 aromatic heterocycles. The minimum atomic E-state index is 0.286. The van der Waals surface area contributed by atoms with E-state index >= 15 is 0 Å². The number of nitrogens with one attached hydrogen (secondary N) is 1. The number of guanidine groups is 1. The summed E-state index contributed by atoms with van der Waals surface area (Å²) in [6.45, 7) is 9.84. The number of morpholine rings is 1. The number of rotatable bonds is 7. The molecule has 1 heterocycles. The summed E-state index contributed by atoms with van der Waals surface area (Å²) in [6, 6.07) is 8.30. The molecular formula is C17H28N4O2. The van der Waals surface area contributed by atoms with Crippen LogP contribution in [0.15, 0.2) is 29.3 Å². The van der Waals surface area contributed by atoms with Crippen LogP contribution in [0.4, 0.5) is 0 Å². The van der Waals surface area contributed by atoms with Gasteiger partial charge in [-0.05, 0) is 31.5 Å². The van der Waals surface area contributed by atoms with Crippen molar-refractivity contribution in [2.24, 2.45) is 10.7 Å². The summed E-state index contributed by atoms with van der Waals surface area (Å²) in [5, 5.41) is 3.08. The Morgan fingerprint density at radius 3 is 2.91 bits per heavy atom. The van der Waals surface area contributed by atoms with E-state index < -0.39 is 0 Å². The van der Waals surface area contributed by atoms with Crippen molar-refractivity contribution in [2.75, 3.05) is 39.5 Å². The van der Waals surface area contributed by atoms with E-state index in [1.807, 2.05) is 38.1 Å². The molecule has 0 radical (unpaired) electrons. The molecule has 6 nitrogen and oxygen atoms in total. The Labute approximate surface area is 138 Å². The summed E-state index contributed by atoms with van der Waals surface area (Å²) < 4.78 is 11.2. The van der Waals surface area contributed by atoms with Crippen molar-refractivity contribution in [3.63, 3.8) is 0 Å². The van der Waals surface area contributed by atoms with Crippen LogP contribution in [-0.4, -0.2) is 56.4 Å². The van der Waals surface area contributed by atoms with Crippen LogP contribution < -0.4 is 15.8 Å². The average molecular weight is 320 g/mol. The average Bonchev–Trinajstić information content (AvgIpc) is 2.54. The number of hydrogen-bond donors (Lipinski definition) is 2. The van der Waals surface area contributed by atoms with Gasteiger partial charge in [-0.3, -0.25) is 4.90 Å². The second-order valence-electron chi connectivity index (χ2n) is 5.95.